The lowest BCUT2D eigenvalue weighted by Gasteiger charge is -2.21. The van der Waals surface area contributed by atoms with Crippen LogP contribution in [0.1, 0.15) is 36.6 Å². The number of nitro groups is 2. The van der Waals surface area contributed by atoms with Gasteiger partial charge in [0, 0.05) is 18.3 Å². The van der Waals surface area contributed by atoms with Crippen LogP contribution >= 0.6 is 0 Å². The first-order chi connectivity index (χ1) is 15.6. The van der Waals surface area contributed by atoms with Crippen molar-refractivity contribution in [1.82, 2.24) is 4.98 Å². The molecule has 0 saturated carbocycles. The molecule has 1 aromatic heterocycles. The second-order valence-electron chi connectivity index (χ2n) is 6.74. The average molecular weight is 450 g/mol. The molecule has 0 aliphatic carbocycles. The Kier molecular flexibility index (Phi) is 6.19. The molecule has 1 heterocycles. The molecule has 1 N–H and O–H groups in total. The van der Waals surface area contributed by atoms with Crippen molar-refractivity contribution in [1.29, 1.82) is 0 Å². The van der Waals surface area contributed by atoms with E-state index in [2.05, 4.69) is 4.98 Å². The fraction of sp³-hybridized carbons (Fsp3) is 0.0476. The predicted molar refractivity (Wildman–Crippen MR) is 113 cm³/mol. The van der Waals surface area contributed by atoms with E-state index in [1.807, 2.05) is 0 Å². The third-order valence-corrected chi connectivity index (χ3v) is 4.49. The Hall–Kier alpha value is -5.00. The molecule has 0 spiro atoms. The van der Waals surface area contributed by atoms with E-state index in [1.165, 1.54) is 42.6 Å². The van der Waals surface area contributed by atoms with Crippen molar-refractivity contribution in [2.45, 2.75) is 6.92 Å². The van der Waals surface area contributed by atoms with E-state index in [0.717, 1.165) is 12.1 Å². The summed E-state index contributed by atoms with van der Waals surface area (Å²) in [7, 11) is 0. The fourth-order valence-electron chi connectivity index (χ4n) is 2.93. The van der Waals surface area contributed by atoms with Crippen molar-refractivity contribution in [3.63, 3.8) is 0 Å². The molecule has 0 bridgehead atoms. The van der Waals surface area contributed by atoms with Gasteiger partial charge < -0.3 is 5.11 Å². The zero-order chi connectivity index (χ0) is 24.3. The summed E-state index contributed by atoms with van der Waals surface area (Å²) < 4.78 is 0. The third kappa shape index (κ3) is 4.69. The number of carbonyl (C=O) groups excluding carboxylic acids is 2. The van der Waals surface area contributed by atoms with Crippen molar-refractivity contribution >= 4 is 35.0 Å². The Balaban J connectivity index is 2.21. The number of nitrogens with zero attached hydrogens (tertiary/aromatic N) is 4. The van der Waals surface area contributed by atoms with Gasteiger partial charge in [0.1, 0.15) is 5.82 Å². The van der Waals surface area contributed by atoms with Crippen molar-refractivity contribution in [2.75, 3.05) is 4.90 Å². The number of pyridine rings is 1. The Bertz CT molecular complexity index is 1270. The van der Waals surface area contributed by atoms with Gasteiger partial charge in [0.05, 0.1) is 32.6 Å². The molecule has 2 amide bonds. The number of hydrogen-bond acceptors (Lipinski definition) is 8. The lowest BCUT2D eigenvalue weighted by atomic mass is 10.1. The van der Waals surface area contributed by atoms with Crippen molar-refractivity contribution in [2.24, 2.45) is 0 Å². The number of aromatic carboxylic acids is 1. The number of hydrogen-bond donors (Lipinski definition) is 1. The highest BCUT2D eigenvalue weighted by molar-refractivity contribution is 6.27. The van der Waals surface area contributed by atoms with Crippen molar-refractivity contribution in [3.05, 3.63) is 103 Å². The number of aromatic nitrogens is 1. The zero-order valence-electron chi connectivity index (χ0n) is 16.9. The second kappa shape index (κ2) is 9.01. The number of imide groups is 1. The molecular formula is C21H14N4O8. The molecule has 0 atom stereocenters. The van der Waals surface area contributed by atoms with E-state index >= 15 is 0 Å². The van der Waals surface area contributed by atoms with Crippen LogP contribution in [0, 0.1) is 27.2 Å². The van der Waals surface area contributed by atoms with E-state index in [1.54, 1.807) is 6.92 Å². The minimum Gasteiger partial charge on any atom is -0.478 e. The highest BCUT2D eigenvalue weighted by Crippen LogP contribution is 2.26. The quantitative estimate of drug-likeness (QED) is 0.335. The monoisotopic (exact) mass is 450 g/mol. The summed E-state index contributed by atoms with van der Waals surface area (Å²) in [4.78, 5) is 63.4. The Labute approximate surface area is 185 Å². The summed E-state index contributed by atoms with van der Waals surface area (Å²) >= 11 is 0. The zero-order valence-corrected chi connectivity index (χ0v) is 16.9. The molecule has 2 aromatic carbocycles. The molecule has 0 aliphatic heterocycles. The fourth-order valence-corrected chi connectivity index (χ4v) is 2.93. The highest BCUT2D eigenvalue weighted by Gasteiger charge is 2.32. The number of amides is 2. The summed E-state index contributed by atoms with van der Waals surface area (Å²) in [6.07, 6.45) is 1.35. The SMILES string of the molecule is Cc1ccc(N(C(=O)c2cc([N+](=O)[O-])cc([N+](=O)[O-])c2)C(=O)c2ccccc2C(=O)O)nc1. The Morgan fingerprint density at radius 3 is 1.94 bits per heavy atom. The molecule has 12 nitrogen and oxygen atoms in total. The van der Waals surface area contributed by atoms with Gasteiger partial charge in [0.15, 0.2) is 0 Å². The number of benzene rings is 2. The van der Waals surface area contributed by atoms with Crippen LogP contribution in [0.5, 0.6) is 0 Å². The van der Waals surface area contributed by atoms with Crippen LogP contribution < -0.4 is 4.90 Å². The maximum Gasteiger partial charge on any atom is 0.336 e. The minimum absolute atomic E-state index is 0.204. The van der Waals surface area contributed by atoms with E-state index in [0.29, 0.717) is 16.5 Å². The number of carboxylic acids is 1. The standard InChI is InChI=1S/C21H14N4O8/c1-12-6-7-18(22-11-12)23(20(27)16-4-2-3-5-17(16)21(28)29)19(26)13-8-14(24(30)31)10-15(9-13)25(32)33/h2-11H,1H3,(H,28,29). The first kappa shape index (κ1) is 22.7. The number of carboxylic acid groups (broad SMARTS) is 1. The first-order valence-electron chi connectivity index (χ1n) is 9.17. The summed E-state index contributed by atoms with van der Waals surface area (Å²) in [5, 5.41) is 31.9. The van der Waals surface area contributed by atoms with Crippen LogP contribution in [0.25, 0.3) is 0 Å². The smallest absolute Gasteiger partial charge is 0.336 e. The molecular weight excluding hydrogens is 436 g/mol. The molecule has 33 heavy (non-hydrogen) atoms. The first-order valence-corrected chi connectivity index (χ1v) is 9.17. The van der Waals surface area contributed by atoms with Gasteiger partial charge in [-0.3, -0.25) is 29.8 Å². The van der Waals surface area contributed by atoms with Crippen molar-refractivity contribution < 1.29 is 29.3 Å². The van der Waals surface area contributed by atoms with Gasteiger partial charge in [0.25, 0.3) is 23.2 Å². The third-order valence-electron chi connectivity index (χ3n) is 4.49. The summed E-state index contributed by atoms with van der Waals surface area (Å²) in [6, 6.07) is 10.2. The van der Waals surface area contributed by atoms with E-state index in [4.69, 9.17) is 0 Å². The molecule has 12 heteroatoms. The molecule has 0 fully saturated rings. The summed E-state index contributed by atoms with van der Waals surface area (Å²) in [5.41, 5.74) is -2.04. The molecule has 0 aliphatic rings. The Morgan fingerprint density at radius 1 is 0.879 bits per heavy atom. The van der Waals surface area contributed by atoms with E-state index < -0.39 is 50.1 Å². The van der Waals surface area contributed by atoms with Crippen LogP contribution in [-0.2, 0) is 0 Å². The van der Waals surface area contributed by atoms with Gasteiger partial charge in [-0.05, 0) is 30.7 Å². The van der Waals surface area contributed by atoms with Gasteiger partial charge in [0.2, 0.25) is 0 Å². The average Bonchev–Trinajstić information content (AvgIpc) is 2.79. The summed E-state index contributed by atoms with van der Waals surface area (Å²) in [5.74, 6) is -3.87. The predicted octanol–water partition coefficient (Wildman–Crippen LogP) is 3.39. The number of anilines is 1. The van der Waals surface area contributed by atoms with E-state index in [9.17, 15) is 39.7 Å². The highest BCUT2D eigenvalue weighted by atomic mass is 16.6. The van der Waals surface area contributed by atoms with Gasteiger partial charge in [-0.25, -0.2) is 14.7 Å². The van der Waals surface area contributed by atoms with E-state index in [-0.39, 0.29) is 11.4 Å². The van der Waals surface area contributed by atoms with Gasteiger partial charge >= 0.3 is 5.97 Å². The van der Waals surface area contributed by atoms with Gasteiger partial charge in [-0.1, -0.05) is 18.2 Å². The van der Waals surface area contributed by atoms with Crippen molar-refractivity contribution in [3.8, 4) is 0 Å². The number of non-ortho nitro benzene ring substituents is 2. The normalized spacial score (nSPS) is 10.3. The van der Waals surface area contributed by atoms with Crippen LogP contribution in [-0.4, -0.2) is 37.7 Å². The second-order valence-corrected chi connectivity index (χ2v) is 6.74. The van der Waals surface area contributed by atoms with Gasteiger partial charge in [-0.2, -0.15) is 0 Å². The molecule has 0 unspecified atom stereocenters. The molecule has 0 saturated heterocycles. The van der Waals surface area contributed by atoms with Crippen LogP contribution in [0.3, 0.4) is 0 Å². The number of nitro benzene ring substituents is 2. The summed E-state index contributed by atoms with van der Waals surface area (Å²) in [6.45, 7) is 1.70. The minimum atomic E-state index is -1.42. The number of rotatable bonds is 6. The van der Waals surface area contributed by atoms with Crippen LogP contribution in [0.4, 0.5) is 17.2 Å². The molecule has 3 rings (SSSR count). The topological polar surface area (TPSA) is 174 Å². The van der Waals surface area contributed by atoms with Crippen LogP contribution in [0.2, 0.25) is 0 Å². The largest absolute Gasteiger partial charge is 0.478 e. The number of carbonyl (C=O) groups is 3. The lowest BCUT2D eigenvalue weighted by Crippen LogP contribution is -2.38. The molecule has 166 valence electrons. The molecule has 0 radical (unpaired) electrons. The number of aryl methyl sites for hydroxylation is 1. The van der Waals surface area contributed by atoms with Gasteiger partial charge in [-0.15, -0.1) is 0 Å². The maximum absolute atomic E-state index is 13.3. The molecule has 3 aromatic rings. The maximum atomic E-state index is 13.3. The van der Waals surface area contributed by atoms with Crippen LogP contribution in [0.15, 0.2) is 60.8 Å². The lowest BCUT2D eigenvalue weighted by molar-refractivity contribution is -0.394. The Morgan fingerprint density at radius 2 is 1.45 bits per heavy atom.